The fourth-order valence-corrected chi connectivity index (χ4v) is 4.53. The van der Waals surface area contributed by atoms with E-state index in [9.17, 15) is 19.2 Å². The summed E-state index contributed by atoms with van der Waals surface area (Å²) in [5, 5.41) is 5.36. The maximum absolute atomic E-state index is 13.1. The summed E-state index contributed by atoms with van der Waals surface area (Å²) in [6.45, 7) is 7.36. The van der Waals surface area contributed by atoms with Crippen LogP contribution in [0.15, 0.2) is 0 Å². The summed E-state index contributed by atoms with van der Waals surface area (Å²) < 4.78 is 13.3. The van der Waals surface area contributed by atoms with Gasteiger partial charge in [-0.1, -0.05) is 13.3 Å². The first kappa shape index (κ1) is 24.6. The normalized spacial score (nSPS) is 26.9. The van der Waals surface area contributed by atoms with Gasteiger partial charge in [-0.25, -0.2) is 4.79 Å². The maximum atomic E-state index is 13.1. The molecule has 1 aliphatic heterocycles. The fraction of sp³-hybridized carbons (Fsp3) is 0.810. The van der Waals surface area contributed by atoms with Gasteiger partial charge in [0.15, 0.2) is 0 Å². The summed E-state index contributed by atoms with van der Waals surface area (Å²) in [6.07, 6.45) is 4.01. The van der Waals surface area contributed by atoms with Gasteiger partial charge in [-0.15, -0.1) is 0 Å². The lowest BCUT2D eigenvalue weighted by Crippen LogP contribution is -2.55. The molecule has 3 rings (SSSR count). The molecule has 1 heterocycles. The Balaban J connectivity index is 1.53. The number of hydrogen-bond donors (Lipinski definition) is 3. The predicted octanol–water partition coefficient (Wildman–Crippen LogP) is 1.65. The van der Waals surface area contributed by atoms with Gasteiger partial charge in [0.25, 0.3) is 5.91 Å². The van der Waals surface area contributed by atoms with Crippen molar-refractivity contribution < 1.29 is 28.1 Å². The molecule has 11 heteroatoms. The molecule has 0 aromatic heterocycles. The van der Waals surface area contributed by atoms with Crippen LogP contribution < -0.4 is 15.4 Å². The molecule has 3 fully saturated rings. The minimum absolute atomic E-state index is 0.0485. The van der Waals surface area contributed by atoms with E-state index in [1.54, 1.807) is 20.8 Å². The van der Waals surface area contributed by atoms with Crippen LogP contribution in [0.5, 0.6) is 0 Å². The number of amides is 4. The Hall–Kier alpha value is -2.01. The number of rotatable bonds is 9. The Morgan fingerprint density at radius 1 is 1.16 bits per heavy atom. The molecule has 32 heavy (non-hydrogen) atoms. The van der Waals surface area contributed by atoms with Gasteiger partial charge in [0.05, 0.1) is 6.10 Å². The third kappa shape index (κ3) is 6.28. The van der Waals surface area contributed by atoms with Crippen molar-refractivity contribution in [3.63, 3.8) is 0 Å². The van der Waals surface area contributed by atoms with E-state index in [0.29, 0.717) is 25.8 Å². The molecule has 2 saturated carbocycles. The van der Waals surface area contributed by atoms with Crippen LogP contribution >= 0.6 is 12.2 Å². The molecule has 0 unspecified atom stereocenters. The van der Waals surface area contributed by atoms with E-state index >= 15 is 0 Å². The molecule has 2 aliphatic carbocycles. The van der Waals surface area contributed by atoms with Gasteiger partial charge >= 0.3 is 6.09 Å². The van der Waals surface area contributed by atoms with E-state index in [1.807, 2.05) is 6.92 Å². The Labute approximate surface area is 193 Å². The maximum Gasteiger partial charge on any atom is 0.408 e. The summed E-state index contributed by atoms with van der Waals surface area (Å²) in [5.74, 6) is -0.922. The van der Waals surface area contributed by atoms with Crippen molar-refractivity contribution in [1.82, 2.24) is 20.3 Å². The highest BCUT2D eigenvalue weighted by molar-refractivity contribution is 7.93. The Morgan fingerprint density at radius 2 is 1.88 bits per heavy atom. The first-order chi connectivity index (χ1) is 15.1. The number of carbonyl (C=O) groups excluding carboxylic acids is 4. The molecular weight excluding hydrogens is 436 g/mol. The molecule has 0 spiro atoms. The molecule has 0 aromatic carbocycles. The van der Waals surface area contributed by atoms with Crippen molar-refractivity contribution >= 4 is 36.0 Å². The van der Waals surface area contributed by atoms with Gasteiger partial charge in [0.1, 0.15) is 36.0 Å². The van der Waals surface area contributed by atoms with Crippen LogP contribution in [0.3, 0.4) is 0 Å². The number of carbonyl (C=O) groups is 4. The number of likely N-dealkylation sites (tertiary alicyclic amines) is 1. The second-order valence-electron chi connectivity index (χ2n) is 9.68. The van der Waals surface area contributed by atoms with Crippen LogP contribution in [0, 0.1) is 5.92 Å². The number of nitrogens with one attached hydrogen (secondary N) is 3. The van der Waals surface area contributed by atoms with E-state index in [1.165, 1.54) is 4.90 Å². The van der Waals surface area contributed by atoms with Gasteiger partial charge in [-0.2, -0.15) is 0 Å². The minimum Gasteiger partial charge on any atom is -0.444 e. The zero-order valence-electron chi connectivity index (χ0n) is 19.2. The molecule has 1 saturated heterocycles. The van der Waals surface area contributed by atoms with E-state index in [0.717, 1.165) is 31.5 Å². The van der Waals surface area contributed by atoms with E-state index < -0.39 is 23.3 Å². The highest BCUT2D eigenvalue weighted by Gasteiger charge is 2.60. The largest absolute Gasteiger partial charge is 0.444 e. The fourth-order valence-electron chi connectivity index (χ4n) is 3.90. The van der Waals surface area contributed by atoms with Gasteiger partial charge in [-0.05, 0) is 58.8 Å². The molecule has 4 amide bonds. The zero-order chi connectivity index (χ0) is 23.5. The van der Waals surface area contributed by atoms with Gasteiger partial charge in [0, 0.05) is 6.54 Å². The second kappa shape index (κ2) is 9.86. The van der Waals surface area contributed by atoms with Crippen LogP contribution in [0.2, 0.25) is 0 Å². The van der Waals surface area contributed by atoms with Crippen molar-refractivity contribution in [3.8, 4) is 0 Å². The monoisotopic (exact) mass is 470 g/mol. The first-order valence-electron chi connectivity index (χ1n) is 11.3. The quantitative estimate of drug-likeness (QED) is 0.345. The van der Waals surface area contributed by atoms with Crippen molar-refractivity contribution in [3.05, 3.63) is 0 Å². The summed E-state index contributed by atoms with van der Waals surface area (Å²) in [6, 6.07) is -0.666. The summed E-state index contributed by atoms with van der Waals surface area (Å²) >= 11 is 0.922. The van der Waals surface area contributed by atoms with Gasteiger partial charge in [0.2, 0.25) is 11.8 Å². The number of hydrogen-bond acceptors (Lipinski definition) is 7. The van der Waals surface area contributed by atoms with Crippen LogP contribution in [-0.2, 0) is 23.3 Å². The lowest BCUT2D eigenvalue weighted by atomic mass is 10.1. The average molecular weight is 471 g/mol. The highest BCUT2D eigenvalue weighted by atomic mass is 32.2. The molecule has 3 atom stereocenters. The Morgan fingerprint density at radius 3 is 2.47 bits per heavy atom. The molecule has 3 N–H and O–H groups in total. The SMILES string of the molecule is CC[C@@H]1C[C@]1(NC(=O)[C@@H]1CCCN1C(=O)CNC(=O)OC(C)(C)C)C(=O)NSOC1CC1. The lowest BCUT2D eigenvalue weighted by Gasteiger charge is -2.27. The molecule has 180 valence electrons. The van der Waals surface area contributed by atoms with Crippen LogP contribution in [-0.4, -0.2) is 65.1 Å². The highest BCUT2D eigenvalue weighted by Crippen LogP contribution is 2.46. The average Bonchev–Trinajstić information content (AvgIpc) is 3.61. The smallest absolute Gasteiger partial charge is 0.408 e. The minimum atomic E-state index is -0.960. The van der Waals surface area contributed by atoms with Gasteiger partial charge in [-0.3, -0.25) is 23.3 Å². The number of ether oxygens (including phenoxy) is 1. The van der Waals surface area contributed by atoms with Crippen molar-refractivity contribution in [2.45, 2.75) is 89.5 Å². The number of nitrogens with zero attached hydrogens (tertiary/aromatic N) is 1. The summed E-state index contributed by atoms with van der Waals surface area (Å²) in [5.41, 5.74) is -1.63. The van der Waals surface area contributed by atoms with Crippen LogP contribution in [0.4, 0.5) is 4.79 Å². The summed E-state index contributed by atoms with van der Waals surface area (Å²) in [7, 11) is 0. The predicted molar refractivity (Wildman–Crippen MR) is 118 cm³/mol. The molecule has 0 bridgehead atoms. The van der Waals surface area contributed by atoms with E-state index in [2.05, 4.69) is 15.4 Å². The van der Waals surface area contributed by atoms with Crippen LogP contribution in [0.25, 0.3) is 0 Å². The second-order valence-corrected chi connectivity index (χ2v) is 10.2. The lowest BCUT2D eigenvalue weighted by molar-refractivity contribution is -0.139. The molecule has 10 nitrogen and oxygen atoms in total. The topological polar surface area (TPSA) is 126 Å². The third-order valence-corrected chi connectivity index (χ3v) is 6.49. The molecular formula is C21H34N4O6S. The summed E-state index contributed by atoms with van der Waals surface area (Å²) in [4.78, 5) is 51.8. The Kier molecular flexibility index (Phi) is 7.59. The van der Waals surface area contributed by atoms with Crippen molar-refractivity contribution in [2.24, 2.45) is 5.92 Å². The standard InChI is InChI=1S/C21H34N4O6S/c1-5-13-11-21(13,18(28)24-32-31-14-8-9-14)23-17(27)15-7-6-10-25(15)16(26)12-22-19(29)30-20(2,3)4/h13-15H,5-12H2,1-4H3,(H,22,29)(H,23,27)(H,24,28)/t13-,15+,21-/m1/s1. The zero-order valence-corrected chi connectivity index (χ0v) is 20.0. The molecule has 3 aliphatic rings. The van der Waals surface area contributed by atoms with E-state index in [4.69, 9.17) is 8.92 Å². The first-order valence-corrected chi connectivity index (χ1v) is 12.0. The van der Waals surface area contributed by atoms with Crippen molar-refractivity contribution in [2.75, 3.05) is 13.1 Å². The third-order valence-electron chi connectivity index (χ3n) is 5.85. The van der Waals surface area contributed by atoms with Crippen molar-refractivity contribution in [1.29, 1.82) is 0 Å². The van der Waals surface area contributed by atoms with E-state index in [-0.39, 0.29) is 36.3 Å². The van der Waals surface area contributed by atoms with Crippen LogP contribution in [0.1, 0.15) is 66.2 Å². The Bertz CT molecular complexity index is 753. The number of alkyl carbamates (subject to hydrolysis) is 1. The molecule has 0 aromatic rings. The molecule has 0 radical (unpaired) electrons. The van der Waals surface area contributed by atoms with Gasteiger partial charge < -0.3 is 20.3 Å².